The van der Waals surface area contributed by atoms with E-state index in [1.54, 1.807) is 19.2 Å². The molecule has 0 saturated carbocycles. The van der Waals surface area contributed by atoms with Gasteiger partial charge in [-0.15, -0.1) is 24.0 Å². The molecule has 1 aliphatic heterocycles. The van der Waals surface area contributed by atoms with Gasteiger partial charge < -0.3 is 15.5 Å². The predicted molar refractivity (Wildman–Crippen MR) is 114 cm³/mol. The SMILES string of the molecule is CCN1CCC(CNC(=NC)NCC(C)(C)c2cccc(F)c2)C1.I. The van der Waals surface area contributed by atoms with E-state index < -0.39 is 0 Å². The minimum absolute atomic E-state index is 0. The van der Waals surface area contributed by atoms with Gasteiger partial charge in [0.25, 0.3) is 0 Å². The van der Waals surface area contributed by atoms with E-state index in [9.17, 15) is 4.39 Å². The van der Waals surface area contributed by atoms with Gasteiger partial charge >= 0.3 is 0 Å². The number of likely N-dealkylation sites (tertiary alicyclic amines) is 1. The summed E-state index contributed by atoms with van der Waals surface area (Å²) >= 11 is 0. The van der Waals surface area contributed by atoms with Crippen LogP contribution in [0.1, 0.15) is 32.8 Å². The summed E-state index contributed by atoms with van der Waals surface area (Å²) < 4.78 is 13.5. The lowest BCUT2D eigenvalue weighted by atomic mass is 9.84. The van der Waals surface area contributed by atoms with Gasteiger partial charge in [0, 0.05) is 32.1 Å². The zero-order valence-corrected chi connectivity index (χ0v) is 18.1. The Morgan fingerprint density at radius 2 is 2.12 bits per heavy atom. The molecule has 142 valence electrons. The molecular formula is C19H32FIN4. The minimum Gasteiger partial charge on any atom is -0.356 e. The number of aliphatic imine (C=N–C) groups is 1. The third-order valence-corrected chi connectivity index (χ3v) is 4.90. The van der Waals surface area contributed by atoms with Gasteiger partial charge in [-0.05, 0) is 43.1 Å². The zero-order chi connectivity index (χ0) is 17.6. The van der Waals surface area contributed by atoms with E-state index in [2.05, 4.69) is 41.3 Å². The number of guanidine groups is 1. The van der Waals surface area contributed by atoms with Crippen LogP contribution in [0.15, 0.2) is 29.3 Å². The monoisotopic (exact) mass is 462 g/mol. The van der Waals surface area contributed by atoms with Gasteiger partial charge in [0.15, 0.2) is 5.96 Å². The quantitative estimate of drug-likeness (QED) is 0.388. The van der Waals surface area contributed by atoms with Crippen LogP contribution in [-0.4, -0.2) is 50.6 Å². The summed E-state index contributed by atoms with van der Waals surface area (Å²) in [5.74, 6) is 1.30. The number of rotatable bonds is 6. The lowest BCUT2D eigenvalue weighted by Crippen LogP contribution is -2.45. The second-order valence-corrected chi connectivity index (χ2v) is 7.25. The van der Waals surface area contributed by atoms with Crippen molar-refractivity contribution >= 4 is 29.9 Å². The third-order valence-electron chi connectivity index (χ3n) is 4.90. The lowest BCUT2D eigenvalue weighted by molar-refractivity contribution is 0.341. The van der Waals surface area contributed by atoms with E-state index in [1.165, 1.54) is 19.0 Å². The standard InChI is InChI=1S/C19H31FN4.HI/c1-5-24-10-9-15(13-24)12-22-18(21-4)23-14-19(2,3)16-7-6-8-17(20)11-16;/h6-8,11,15H,5,9-10,12-14H2,1-4H3,(H2,21,22,23);1H. The molecule has 0 amide bonds. The van der Waals surface area contributed by atoms with E-state index in [0.717, 1.165) is 31.2 Å². The highest BCUT2D eigenvalue weighted by molar-refractivity contribution is 14.0. The van der Waals surface area contributed by atoms with Gasteiger partial charge in [0.1, 0.15) is 5.82 Å². The largest absolute Gasteiger partial charge is 0.356 e. The van der Waals surface area contributed by atoms with Crippen LogP contribution in [0.5, 0.6) is 0 Å². The molecule has 1 saturated heterocycles. The summed E-state index contributed by atoms with van der Waals surface area (Å²) in [6.45, 7) is 11.6. The van der Waals surface area contributed by atoms with Crippen LogP contribution < -0.4 is 10.6 Å². The molecule has 1 aromatic rings. The van der Waals surface area contributed by atoms with Crippen molar-refractivity contribution in [3.8, 4) is 0 Å². The van der Waals surface area contributed by atoms with Gasteiger partial charge in [-0.2, -0.15) is 0 Å². The Hall–Kier alpha value is -0.890. The van der Waals surface area contributed by atoms with Crippen LogP contribution in [0, 0.1) is 11.7 Å². The van der Waals surface area contributed by atoms with Crippen molar-refractivity contribution in [1.29, 1.82) is 0 Å². The van der Waals surface area contributed by atoms with Crippen LogP contribution >= 0.6 is 24.0 Å². The molecule has 0 radical (unpaired) electrons. The molecule has 0 aromatic heterocycles. The molecule has 2 N–H and O–H groups in total. The molecule has 1 aliphatic rings. The molecule has 0 aliphatic carbocycles. The Balaban J connectivity index is 0.00000312. The normalized spacial score (nSPS) is 18.8. The third kappa shape index (κ3) is 6.73. The van der Waals surface area contributed by atoms with Crippen LogP contribution in [-0.2, 0) is 5.41 Å². The summed E-state index contributed by atoms with van der Waals surface area (Å²) in [5, 5.41) is 6.81. The Morgan fingerprint density at radius 3 is 2.72 bits per heavy atom. The van der Waals surface area contributed by atoms with Gasteiger partial charge in [0.05, 0.1) is 0 Å². The molecule has 4 nitrogen and oxygen atoms in total. The maximum atomic E-state index is 13.5. The second kappa shape index (κ2) is 10.3. The van der Waals surface area contributed by atoms with Crippen molar-refractivity contribution < 1.29 is 4.39 Å². The minimum atomic E-state index is -0.190. The van der Waals surface area contributed by atoms with Crippen LogP contribution in [0.4, 0.5) is 4.39 Å². The Kier molecular flexibility index (Phi) is 9.13. The van der Waals surface area contributed by atoms with Crippen LogP contribution in [0.25, 0.3) is 0 Å². The van der Waals surface area contributed by atoms with Gasteiger partial charge in [0.2, 0.25) is 0 Å². The molecule has 1 unspecified atom stereocenters. The first-order valence-electron chi connectivity index (χ1n) is 8.87. The van der Waals surface area contributed by atoms with E-state index >= 15 is 0 Å². The predicted octanol–water partition coefficient (Wildman–Crippen LogP) is 3.23. The highest BCUT2D eigenvalue weighted by Crippen LogP contribution is 2.22. The molecule has 0 bridgehead atoms. The Bertz CT molecular complexity index is 562. The molecular weight excluding hydrogens is 430 g/mol. The van der Waals surface area contributed by atoms with E-state index in [0.29, 0.717) is 12.5 Å². The Morgan fingerprint density at radius 1 is 1.36 bits per heavy atom. The fourth-order valence-corrected chi connectivity index (χ4v) is 3.14. The number of nitrogens with one attached hydrogen (secondary N) is 2. The van der Waals surface area contributed by atoms with Gasteiger partial charge in [-0.25, -0.2) is 4.39 Å². The Labute approximate surface area is 168 Å². The van der Waals surface area contributed by atoms with Gasteiger partial charge in [-0.1, -0.05) is 32.9 Å². The topological polar surface area (TPSA) is 39.7 Å². The average Bonchev–Trinajstić information content (AvgIpc) is 3.03. The van der Waals surface area contributed by atoms with E-state index in [1.807, 2.05) is 6.07 Å². The fourth-order valence-electron chi connectivity index (χ4n) is 3.14. The summed E-state index contributed by atoms with van der Waals surface area (Å²) in [7, 11) is 1.79. The second-order valence-electron chi connectivity index (χ2n) is 7.25. The van der Waals surface area contributed by atoms with Crippen LogP contribution in [0.2, 0.25) is 0 Å². The maximum absolute atomic E-state index is 13.5. The zero-order valence-electron chi connectivity index (χ0n) is 15.8. The molecule has 6 heteroatoms. The molecule has 1 fully saturated rings. The van der Waals surface area contributed by atoms with Crippen molar-refractivity contribution in [3.05, 3.63) is 35.6 Å². The van der Waals surface area contributed by atoms with Crippen molar-refractivity contribution in [1.82, 2.24) is 15.5 Å². The summed E-state index contributed by atoms with van der Waals surface area (Å²) in [4.78, 5) is 6.79. The van der Waals surface area contributed by atoms with Crippen molar-refractivity contribution in [2.75, 3.05) is 39.8 Å². The van der Waals surface area contributed by atoms with Crippen LogP contribution in [0.3, 0.4) is 0 Å². The van der Waals surface area contributed by atoms with Crippen molar-refractivity contribution in [2.45, 2.75) is 32.6 Å². The fraction of sp³-hybridized carbons (Fsp3) is 0.632. The summed E-state index contributed by atoms with van der Waals surface area (Å²) in [5.41, 5.74) is 0.811. The van der Waals surface area contributed by atoms with Crippen molar-refractivity contribution in [3.63, 3.8) is 0 Å². The molecule has 25 heavy (non-hydrogen) atoms. The van der Waals surface area contributed by atoms with Gasteiger partial charge in [-0.3, -0.25) is 4.99 Å². The molecule has 0 spiro atoms. The molecule has 1 atom stereocenters. The molecule has 2 rings (SSSR count). The first kappa shape index (κ1) is 22.2. The first-order chi connectivity index (χ1) is 11.4. The summed E-state index contributed by atoms with van der Waals surface area (Å²) in [6.07, 6.45) is 1.24. The average molecular weight is 462 g/mol. The van der Waals surface area contributed by atoms with E-state index in [-0.39, 0.29) is 35.2 Å². The van der Waals surface area contributed by atoms with Crippen molar-refractivity contribution in [2.24, 2.45) is 10.9 Å². The number of benzene rings is 1. The maximum Gasteiger partial charge on any atom is 0.191 e. The lowest BCUT2D eigenvalue weighted by Gasteiger charge is -2.27. The number of hydrogen-bond donors (Lipinski definition) is 2. The molecule has 1 aromatic carbocycles. The molecule has 1 heterocycles. The number of hydrogen-bond acceptors (Lipinski definition) is 2. The van der Waals surface area contributed by atoms with E-state index in [4.69, 9.17) is 0 Å². The first-order valence-corrected chi connectivity index (χ1v) is 8.87. The number of halogens is 2. The highest BCUT2D eigenvalue weighted by atomic mass is 127. The number of nitrogens with zero attached hydrogens (tertiary/aromatic N) is 2. The summed E-state index contributed by atoms with van der Waals surface area (Å²) in [6, 6.07) is 6.82. The smallest absolute Gasteiger partial charge is 0.191 e. The highest BCUT2D eigenvalue weighted by Gasteiger charge is 2.23.